The van der Waals surface area contributed by atoms with Crippen LogP contribution < -0.4 is 0 Å². The molecular weight excluding hydrogens is 254 g/mol. The third-order valence-corrected chi connectivity index (χ3v) is 5.34. The molecule has 2 rings (SSSR count). The highest BCUT2D eigenvalue weighted by molar-refractivity contribution is 5.78. The van der Waals surface area contributed by atoms with Crippen LogP contribution in [-0.2, 0) is 4.79 Å². The summed E-state index contributed by atoms with van der Waals surface area (Å²) < 4.78 is 0. The Balaban J connectivity index is 1.76. The molecular formula is C16H29NO3. The summed E-state index contributed by atoms with van der Waals surface area (Å²) in [7, 11) is 0. The number of hydrogen-bond acceptors (Lipinski definition) is 3. The normalized spacial score (nSPS) is 26.6. The summed E-state index contributed by atoms with van der Waals surface area (Å²) >= 11 is 0. The van der Waals surface area contributed by atoms with Gasteiger partial charge in [-0.1, -0.05) is 19.8 Å². The van der Waals surface area contributed by atoms with Crippen LogP contribution in [0.4, 0.5) is 0 Å². The lowest BCUT2D eigenvalue weighted by Gasteiger charge is -2.46. The molecule has 1 saturated heterocycles. The van der Waals surface area contributed by atoms with Crippen molar-refractivity contribution in [1.82, 2.24) is 4.90 Å². The van der Waals surface area contributed by atoms with Crippen molar-refractivity contribution < 1.29 is 15.0 Å². The molecule has 1 amide bonds. The van der Waals surface area contributed by atoms with E-state index in [-0.39, 0.29) is 30.1 Å². The van der Waals surface area contributed by atoms with Crippen LogP contribution in [0.15, 0.2) is 0 Å². The molecule has 0 spiro atoms. The van der Waals surface area contributed by atoms with Gasteiger partial charge in [-0.3, -0.25) is 4.79 Å². The van der Waals surface area contributed by atoms with Crippen LogP contribution in [0.2, 0.25) is 0 Å². The number of carbonyl (C=O) groups excluding carboxylic acids is 1. The molecule has 1 aliphatic carbocycles. The van der Waals surface area contributed by atoms with Gasteiger partial charge in [0.15, 0.2) is 0 Å². The van der Waals surface area contributed by atoms with Crippen molar-refractivity contribution in [3.05, 3.63) is 0 Å². The first-order valence-corrected chi connectivity index (χ1v) is 8.21. The topological polar surface area (TPSA) is 60.8 Å². The maximum Gasteiger partial charge on any atom is 0.222 e. The van der Waals surface area contributed by atoms with Gasteiger partial charge < -0.3 is 15.1 Å². The Morgan fingerprint density at radius 3 is 2.75 bits per heavy atom. The number of aliphatic hydroxyl groups excluding tert-OH is 2. The smallest absolute Gasteiger partial charge is 0.222 e. The number of nitrogens with zero attached hydrogens (tertiary/aromatic N) is 1. The van der Waals surface area contributed by atoms with Crippen molar-refractivity contribution in [2.24, 2.45) is 5.41 Å². The first kappa shape index (κ1) is 15.8. The number of carbonyl (C=O) groups is 1. The number of amides is 1. The Morgan fingerprint density at radius 2 is 2.20 bits per heavy atom. The van der Waals surface area contributed by atoms with Crippen LogP contribution in [-0.4, -0.2) is 46.3 Å². The molecule has 2 fully saturated rings. The highest BCUT2D eigenvalue weighted by Crippen LogP contribution is 2.48. The highest BCUT2D eigenvalue weighted by Gasteiger charge is 2.42. The van der Waals surface area contributed by atoms with Gasteiger partial charge in [0.25, 0.3) is 0 Å². The standard InChI is InChI=1S/C16H29NO3/c1-2-8-16(9-4-10-16)14(19)5-3-11-17-13(12-18)6-7-15(17)20/h13-14,18-19H,2-12H2,1H3/t13-,14?/m1/s1. The fourth-order valence-corrected chi connectivity index (χ4v) is 3.93. The quantitative estimate of drug-likeness (QED) is 0.717. The van der Waals surface area contributed by atoms with Crippen molar-refractivity contribution >= 4 is 5.91 Å². The Morgan fingerprint density at radius 1 is 1.45 bits per heavy atom. The average molecular weight is 283 g/mol. The average Bonchev–Trinajstić information content (AvgIpc) is 2.74. The van der Waals surface area contributed by atoms with Crippen molar-refractivity contribution in [2.45, 2.75) is 76.9 Å². The minimum atomic E-state index is -0.221. The summed E-state index contributed by atoms with van der Waals surface area (Å²) in [5, 5.41) is 19.7. The van der Waals surface area contributed by atoms with Gasteiger partial charge in [-0.2, -0.15) is 0 Å². The van der Waals surface area contributed by atoms with E-state index in [0.717, 1.165) is 44.9 Å². The second kappa shape index (κ2) is 6.90. The largest absolute Gasteiger partial charge is 0.394 e. The fourth-order valence-electron chi connectivity index (χ4n) is 3.93. The molecule has 4 nitrogen and oxygen atoms in total. The summed E-state index contributed by atoms with van der Waals surface area (Å²) in [6.07, 6.45) is 8.55. The second-order valence-electron chi connectivity index (χ2n) is 6.59. The molecule has 0 aromatic heterocycles. The van der Waals surface area contributed by atoms with E-state index in [1.165, 1.54) is 6.42 Å². The maximum absolute atomic E-state index is 11.7. The van der Waals surface area contributed by atoms with E-state index in [4.69, 9.17) is 0 Å². The molecule has 1 aliphatic heterocycles. The first-order chi connectivity index (χ1) is 9.63. The molecule has 2 atom stereocenters. The number of hydrogen-bond donors (Lipinski definition) is 2. The van der Waals surface area contributed by atoms with E-state index in [0.29, 0.717) is 13.0 Å². The lowest BCUT2D eigenvalue weighted by molar-refractivity contribution is -0.129. The first-order valence-electron chi connectivity index (χ1n) is 8.21. The summed E-state index contributed by atoms with van der Waals surface area (Å²) in [6.45, 7) is 2.93. The van der Waals surface area contributed by atoms with Gasteiger partial charge in [0, 0.05) is 13.0 Å². The highest BCUT2D eigenvalue weighted by atomic mass is 16.3. The van der Waals surface area contributed by atoms with Gasteiger partial charge in [-0.15, -0.1) is 0 Å². The SMILES string of the molecule is CCCC1(C(O)CCCN2C(=O)CC[C@@H]2CO)CCC1. The number of aliphatic hydroxyl groups is 2. The van der Waals surface area contributed by atoms with Crippen LogP contribution in [0.25, 0.3) is 0 Å². The Kier molecular flexibility index (Phi) is 5.44. The number of likely N-dealkylation sites (tertiary alicyclic amines) is 1. The molecule has 20 heavy (non-hydrogen) atoms. The molecule has 1 unspecified atom stereocenters. The molecule has 2 N–H and O–H groups in total. The maximum atomic E-state index is 11.7. The summed E-state index contributed by atoms with van der Waals surface area (Å²) in [5.41, 5.74) is 0.167. The molecule has 2 aliphatic rings. The molecule has 4 heteroatoms. The van der Waals surface area contributed by atoms with Gasteiger partial charge in [0.1, 0.15) is 0 Å². The van der Waals surface area contributed by atoms with Gasteiger partial charge in [0.2, 0.25) is 5.91 Å². The zero-order valence-electron chi connectivity index (χ0n) is 12.7. The van der Waals surface area contributed by atoms with Crippen LogP contribution in [0.1, 0.15) is 64.7 Å². The van der Waals surface area contributed by atoms with E-state index in [1.54, 1.807) is 4.90 Å². The zero-order valence-corrected chi connectivity index (χ0v) is 12.7. The molecule has 1 heterocycles. The summed E-state index contributed by atoms with van der Waals surface area (Å²) in [6, 6.07) is 0.00736. The van der Waals surface area contributed by atoms with Crippen molar-refractivity contribution in [3.63, 3.8) is 0 Å². The third kappa shape index (κ3) is 3.17. The van der Waals surface area contributed by atoms with Gasteiger partial charge in [-0.05, 0) is 43.9 Å². The van der Waals surface area contributed by atoms with Gasteiger partial charge in [0.05, 0.1) is 18.8 Å². The van der Waals surface area contributed by atoms with Crippen LogP contribution >= 0.6 is 0 Å². The van der Waals surface area contributed by atoms with Crippen LogP contribution in [0.3, 0.4) is 0 Å². The molecule has 0 bridgehead atoms. The predicted octanol–water partition coefficient (Wildman–Crippen LogP) is 2.08. The second-order valence-corrected chi connectivity index (χ2v) is 6.59. The van der Waals surface area contributed by atoms with Crippen molar-refractivity contribution in [3.8, 4) is 0 Å². The van der Waals surface area contributed by atoms with Gasteiger partial charge >= 0.3 is 0 Å². The van der Waals surface area contributed by atoms with Crippen molar-refractivity contribution in [2.75, 3.05) is 13.2 Å². The monoisotopic (exact) mass is 283 g/mol. The van der Waals surface area contributed by atoms with E-state index in [1.807, 2.05) is 0 Å². The molecule has 1 saturated carbocycles. The summed E-state index contributed by atoms with van der Waals surface area (Å²) in [4.78, 5) is 13.5. The third-order valence-electron chi connectivity index (χ3n) is 5.34. The van der Waals surface area contributed by atoms with E-state index in [2.05, 4.69) is 6.92 Å². The van der Waals surface area contributed by atoms with Crippen molar-refractivity contribution in [1.29, 1.82) is 0 Å². The Hall–Kier alpha value is -0.610. The molecule has 116 valence electrons. The van der Waals surface area contributed by atoms with E-state index >= 15 is 0 Å². The fraction of sp³-hybridized carbons (Fsp3) is 0.938. The lowest BCUT2D eigenvalue weighted by Crippen LogP contribution is -2.42. The molecule has 0 aromatic rings. The molecule has 0 radical (unpaired) electrons. The Labute approximate surface area is 122 Å². The Bertz CT molecular complexity index is 328. The number of rotatable bonds is 8. The van der Waals surface area contributed by atoms with Crippen LogP contribution in [0.5, 0.6) is 0 Å². The predicted molar refractivity (Wildman–Crippen MR) is 78.3 cm³/mol. The van der Waals surface area contributed by atoms with E-state index < -0.39 is 0 Å². The summed E-state index contributed by atoms with van der Waals surface area (Å²) in [5.74, 6) is 0.158. The van der Waals surface area contributed by atoms with Gasteiger partial charge in [-0.25, -0.2) is 0 Å². The van der Waals surface area contributed by atoms with E-state index in [9.17, 15) is 15.0 Å². The zero-order chi connectivity index (χ0) is 14.6. The lowest BCUT2D eigenvalue weighted by atomic mass is 9.62. The minimum absolute atomic E-state index is 0.00736. The minimum Gasteiger partial charge on any atom is -0.394 e. The van der Waals surface area contributed by atoms with Crippen LogP contribution in [0, 0.1) is 5.41 Å². The molecule has 0 aromatic carbocycles.